The van der Waals surface area contributed by atoms with E-state index in [9.17, 15) is 5.11 Å². The summed E-state index contributed by atoms with van der Waals surface area (Å²) in [5, 5.41) is 12.7. The Balaban J connectivity index is 2.41. The maximum atomic E-state index is 9.35. The Bertz CT molecular complexity index is 748. The molecule has 0 bridgehead atoms. The van der Waals surface area contributed by atoms with Crippen LogP contribution in [0.1, 0.15) is 11.1 Å². The van der Waals surface area contributed by atoms with Crippen LogP contribution in [0.4, 0.5) is 0 Å². The van der Waals surface area contributed by atoms with Gasteiger partial charge in [-0.15, -0.1) is 0 Å². The molecule has 6 heteroatoms. The molecule has 0 unspecified atom stereocenters. The van der Waals surface area contributed by atoms with E-state index >= 15 is 0 Å². The summed E-state index contributed by atoms with van der Waals surface area (Å²) in [6, 6.07) is 7.54. The van der Waals surface area contributed by atoms with E-state index in [1.165, 1.54) is 0 Å². The number of hydrogen-bond donors (Lipinski definition) is 2. The molecule has 0 spiro atoms. The summed E-state index contributed by atoms with van der Waals surface area (Å²) in [7, 11) is 4.70. The molecule has 6 nitrogen and oxygen atoms in total. The minimum absolute atomic E-state index is 0.136. The molecule has 1 aromatic carbocycles. The van der Waals surface area contributed by atoms with E-state index in [4.69, 9.17) is 14.2 Å². The number of aromatic nitrogens is 1. The lowest BCUT2D eigenvalue weighted by Crippen LogP contribution is -2.13. The molecule has 0 saturated carbocycles. The first-order valence-corrected chi connectivity index (χ1v) is 8.06. The van der Waals surface area contributed by atoms with Gasteiger partial charge in [0.2, 0.25) is 5.75 Å². The first kappa shape index (κ1) is 19.3. The Morgan fingerprint density at radius 3 is 2.38 bits per heavy atom. The molecule has 0 saturated heterocycles. The molecule has 2 N–H and O–H groups in total. The molecular weight excluding hydrogens is 332 g/mol. The van der Waals surface area contributed by atoms with Gasteiger partial charge in [-0.05, 0) is 35.4 Å². The van der Waals surface area contributed by atoms with Crippen LogP contribution in [0.25, 0.3) is 5.70 Å². The van der Waals surface area contributed by atoms with Crippen LogP contribution in [0, 0.1) is 0 Å². The summed E-state index contributed by atoms with van der Waals surface area (Å²) < 4.78 is 16.2. The monoisotopic (exact) mass is 356 g/mol. The standard InChI is InChI=1S/C20H24N2O4/c1-14(13-23)8-17(22-12-15-6-5-7-21-11-15)16-9-18(24-2)20(26-4)19(10-16)25-3/h5-11,22-23H,1,12-13H2,2-4H3/b17-8-. The number of nitrogens with one attached hydrogen (secondary N) is 1. The molecule has 138 valence electrons. The fourth-order valence-electron chi connectivity index (χ4n) is 2.42. The van der Waals surface area contributed by atoms with Gasteiger partial charge in [-0.2, -0.15) is 0 Å². The predicted octanol–water partition coefficient (Wildman–Crippen LogP) is 2.79. The Morgan fingerprint density at radius 1 is 1.19 bits per heavy atom. The van der Waals surface area contributed by atoms with Gasteiger partial charge in [0.25, 0.3) is 0 Å². The van der Waals surface area contributed by atoms with Crippen LogP contribution in [-0.4, -0.2) is 38.0 Å². The van der Waals surface area contributed by atoms with Crippen molar-refractivity contribution in [1.82, 2.24) is 10.3 Å². The molecule has 0 aliphatic rings. The minimum atomic E-state index is -0.136. The Labute approximate surface area is 153 Å². The molecule has 0 aliphatic heterocycles. The molecule has 2 aromatic rings. The predicted molar refractivity (Wildman–Crippen MR) is 101 cm³/mol. The molecule has 0 radical (unpaired) electrons. The molecule has 26 heavy (non-hydrogen) atoms. The van der Waals surface area contributed by atoms with E-state index in [1.54, 1.807) is 39.8 Å². The van der Waals surface area contributed by atoms with Crippen molar-refractivity contribution in [3.8, 4) is 17.2 Å². The summed E-state index contributed by atoms with van der Waals surface area (Å²) in [4.78, 5) is 4.12. The second-order valence-electron chi connectivity index (χ2n) is 5.50. The van der Waals surface area contributed by atoms with E-state index < -0.39 is 0 Å². The Hall–Kier alpha value is -2.99. The fraction of sp³-hybridized carbons (Fsp3) is 0.250. The van der Waals surface area contributed by atoms with Gasteiger partial charge in [0.1, 0.15) is 0 Å². The lowest BCUT2D eigenvalue weighted by molar-refractivity contribution is 0.324. The maximum absolute atomic E-state index is 9.35. The van der Waals surface area contributed by atoms with E-state index in [-0.39, 0.29) is 6.61 Å². The highest BCUT2D eigenvalue weighted by Crippen LogP contribution is 2.39. The number of nitrogens with zero attached hydrogens (tertiary/aromatic N) is 1. The average molecular weight is 356 g/mol. The van der Waals surface area contributed by atoms with Crippen molar-refractivity contribution in [1.29, 1.82) is 0 Å². The normalized spacial score (nSPS) is 11.0. The van der Waals surface area contributed by atoms with Gasteiger partial charge in [0.05, 0.1) is 27.9 Å². The smallest absolute Gasteiger partial charge is 0.203 e. The van der Waals surface area contributed by atoms with Gasteiger partial charge in [0.15, 0.2) is 11.5 Å². The van der Waals surface area contributed by atoms with Crippen molar-refractivity contribution in [2.75, 3.05) is 27.9 Å². The number of pyridine rings is 1. The summed E-state index contributed by atoms with van der Waals surface area (Å²) in [6.45, 7) is 4.27. The van der Waals surface area contributed by atoms with Crippen molar-refractivity contribution < 1.29 is 19.3 Å². The Morgan fingerprint density at radius 2 is 1.88 bits per heavy atom. The fourth-order valence-corrected chi connectivity index (χ4v) is 2.42. The molecular formula is C20H24N2O4. The highest BCUT2D eigenvalue weighted by atomic mass is 16.5. The number of ether oxygens (including phenoxy) is 3. The molecule has 0 aliphatic carbocycles. The van der Waals surface area contributed by atoms with Gasteiger partial charge in [-0.3, -0.25) is 4.98 Å². The summed E-state index contributed by atoms with van der Waals surface area (Å²) in [5.74, 6) is 1.61. The third kappa shape index (κ3) is 4.77. The average Bonchev–Trinajstić information content (AvgIpc) is 2.70. The molecule has 1 aromatic heterocycles. The van der Waals surface area contributed by atoms with Gasteiger partial charge < -0.3 is 24.6 Å². The van der Waals surface area contributed by atoms with E-state index in [0.29, 0.717) is 29.4 Å². The van der Waals surface area contributed by atoms with Crippen LogP contribution in [-0.2, 0) is 6.54 Å². The van der Waals surface area contributed by atoms with Gasteiger partial charge in [-0.1, -0.05) is 12.6 Å². The SMILES string of the molecule is C=C(/C=C(\NCc1cccnc1)c1cc(OC)c(OC)c(OC)c1)CO. The third-order valence-corrected chi connectivity index (χ3v) is 3.73. The number of aliphatic hydroxyl groups is 1. The van der Waals surface area contributed by atoms with Crippen LogP contribution in [0.2, 0.25) is 0 Å². The first-order valence-electron chi connectivity index (χ1n) is 8.06. The topological polar surface area (TPSA) is 72.8 Å². The lowest BCUT2D eigenvalue weighted by atomic mass is 10.1. The summed E-state index contributed by atoms with van der Waals surface area (Å²) >= 11 is 0. The zero-order chi connectivity index (χ0) is 18.9. The minimum Gasteiger partial charge on any atom is -0.493 e. The number of methoxy groups -OCH3 is 3. The molecule has 1 heterocycles. The van der Waals surface area contributed by atoms with Crippen molar-refractivity contribution in [2.45, 2.75) is 6.54 Å². The number of aliphatic hydroxyl groups excluding tert-OH is 1. The highest BCUT2D eigenvalue weighted by Gasteiger charge is 2.15. The maximum Gasteiger partial charge on any atom is 0.203 e. The van der Waals surface area contributed by atoms with Gasteiger partial charge in [0, 0.05) is 30.2 Å². The lowest BCUT2D eigenvalue weighted by Gasteiger charge is -2.17. The van der Waals surface area contributed by atoms with Gasteiger partial charge >= 0.3 is 0 Å². The largest absolute Gasteiger partial charge is 0.493 e. The molecule has 0 fully saturated rings. The number of benzene rings is 1. The van der Waals surface area contributed by atoms with E-state index in [0.717, 1.165) is 16.8 Å². The van der Waals surface area contributed by atoms with E-state index in [2.05, 4.69) is 16.9 Å². The molecule has 2 rings (SSSR count). The van der Waals surface area contributed by atoms with Crippen molar-refractivity contribution >= 4 is 5.70 Å². The third-order valence-electron chi connectivity index (χ3n) is 3.73. The number of hydrogen-bond acceptors (Lipinski definition) is 6. The number of rotatable bonds is 9. The second-order valence-corrected chi connectivity index (χ2v) is 5.50. The van der Waals surface area contributed by atoms with Crippen molar-refractivity contribution in [3.63, 3.8) is 0 Å². The van der Waals surface area contributed by atoms with Crippen molar-refractivity contribution in [2.24, 2.45) is 0 Å². The van der Waals surface area contributed by atoms with Crippen LogP contribution >= 0.6 is 0 Å². The first-order chi connectivity index (χ1) is 12.6. The van der Waals surface area contributed by atoms with Crippen LogP contribution in [0.15, 0.2) is 54.9 Å². The quantitative estimate of drug-likeness (QED) is 0.673. The Kier molecular flexibility index (Phi) is 7.05. The van der Waals surface area contributed by atoms with E-state index in [1.807, 2.05) is 24.3 Å². The second kappa shape index (κ2) is 9.48. The molecule has 0 amide bonds. The zero-order valence-corrected chi connectivity index (χ0v) is 15.3. The van der Waals surface area contributed by atoms with Crippen molar-refractivity contribution in [3.05, 3.63) is 66.0 Å². The van der Waals surface area contributed by atoms with Crippen LogP contribution < -0.4 is 19.5 Å². The van der Waals surface area contributed by atoms with Crippen LogP contribution in [0.3, 0.4) is 0 Å². The summed E-state index contributed by atoms with van der Waals surface area (Å²) in [5.41, 5.74) is 3.19. The molecule has 0 atom stereocenters. The summed E-state index contributed by atoms with van der Waals surface area (Å²) in [6.07, 6.45) is 5.31. The van der Waals surface area contributed by atoms with Crippen LogP contribution in [0.5, 0.6) is 17.2 Å². The highest BCUT2D eigenvalue weighted by molar-refractivity contribution is 5.71. The zero-order valence-electron chi connectivity index (χ0n) is 15.3. The van der Waals surface area contributed by atoms with Gasteiger partial charge in [-0.25, -0.2) is 0 Å².